The van der Waals surface area contributed by atoms with Crippen LogP contribution in [-0.2, 0) is 0 Å². The number of aromatic nitrogens is 2. The molecule has 3 nitrogen and oxygen atoms in total. The molecule has 0 aliphatic heterocycles. The van der Waals surface area contributed by atoms with E-state index in [4.69, 9.17) is 4.52 Å². The normalized spacial score (nSPS) is 12.8. The fourth-order valence-corrected chi connectivity index (χ4v) is 2.01. The maximum Gasteiger partial charge on any atom is 0.268 e. The van der Waals surface area contributed by atoms with E-state index in [2.05, 4.69) is 32.6 Å². The minimum absolute atomic E-state index is 0.555. The van der Waals surface area contributed by atoms with Crippen LogP contribution < -0.4 is 0 Å². The number of nitrogens with zero attached hydrogens (tertiary/aromatic N) is 2. The van der Waals surface area contributed by atoms with Crippen LogP contribution in [0.5, 0.6) is 0 Å². The molecule has 2 heterocycles. The molecular formula is C13H11BrN2OS. The lowest BCUT2D eigenvalue weighted by Gasteiger charge is -1.90. The second-order valence-corrected chi connectivity index (χ2v) is 5.37. The van der Waals surface area contributed by atoms with Gasteiger partial charge in [-0.3, -0.25) is 0 Å². The molecule has 0 aromatic carbocycles. The molecule has 2 aromatic heterocycles. The first kappa shape index (κ1) is 13.0. The third-order valence-electron chi connectivity index (χ3n) is 2.20. The van der Waals surface area contributed by atoms with Gasteiger partial charge in [0.2, 0.25) is 0 Å². The molecule has 0 fully saturated rings. The molecule has 0 aliphatic rings. The highest BCUT2D eigenvalue weighted by atomic mass is 79.9. The number of rotatable bonds is 4. The second-order valence-electron chi connectivity index (χ2n) is 3.51. The summed E-state index contributed by atoms with van der Waals surface area (Å²) in [5, 5.41) is 5.94. The van der Waals surface area contributed by atoms with Crippen LogP contribution in [0.1, 0.15) is 12.7 Å². The van der Waals surface area contributed by atoms with E-state index in [0.717, 1.165) is 14.9 Å². The Hall–Kier alpha value is -1.46. The van der Waals surface area contributed by atoms with Gasteiger partial charge in [-0.15, -0.1) is 11.3 Å². The molecule has 0 bridgehead atoms. The first-order chi connectivity index (χ1) is 8.70. The van der Waals surface area contributed by atoms with E-state index >= 15 is 0 Å². The van der Waals surface area contributed by atoms with E-state index < -0.39 is 0 Å². The van der Waals surface area contributed by atoms with Crippen molar-refractivity contribution >= 4 is 32.8 Å². The van der Waals surface area contributed by atoms with E-state index in [9.17, 15) is 0 Å². The minimum atomic E-state index is 0.555. The summed E-state index contributed by atoms with van der Waals surface area (Å²) in [6.45, 7) is 5.59. The zero-order chi connectivity index (χ0) is 13.0. The Morgan fingerprint density at radius 3 is 3.00 bits per heavy atom. The van der Waals surface area contributed by atoms with Crippen molar-refractivity contribution in [3.63, 3.8) is 0 Å². The van der Waals surface area contributed by atoms with Gasteiger partial charge in [0, 0.05) is 4.48 Å². The highest BCUT2D eigenvalue weighted by Gasteiger charge is 2.10. The highest BCUT2D eigenvalue weighted by molar-refractivity contribution is 9.11. The molecule has 0 saturated heterocycles. The van der Waals surface area contributed by atoms with Gasteiger partial charge < -0.3 is 4.52 Å². The number of halogens is 1. The molecule has 0 unspecified atom stereocenters. The molecule has 18 heavy (non-hydrogen) atoms. The summed E-state index contributed by atoms with van der Waals surface area (Å²) in [7, 11) is 0. The number of thiophene rings is 1. The van der Waals surface area contributed by atoms with E-state index in [-0.39, 0.29) is 0 Å². The molecule has 0 radical (unpaired) electrons. The first-order valence-corrected chi connectivity index (χ1v) is 6.92. The van der Waals surface area contributed by atoms with Crippen LogP contribution in [-0.4, -0.2) is 10.1 Å². The van der Waals surface area contributed by atoms with Crippen molar-refractivity contribution < 1.29 is 4.52 Å². The third kappa shape index (κ3) is 3.05. The SMILES string of the molecule is C=C/C(Br)=C\C=C(/C)c1noc(-c2cccs2)n1. The van der Waals surface area contributed by atoms with Gasteiger partial charge >= 0.3 is 0 Å². The Morgan fingerprint density at radius 1 is 1.50 bits per heavy atom. The van der Waals surface area contributed by atoms with Crippen molar-refractivity contribution in [2.75, 3.05) is 0 Å². The van der Waals surface area contributed by atoms with Crippen LogP contribution in [0.2, 0.25) is 0 Å². The summed E-state index contributed by atoms with van der Waals surface area (Å²) in [4.78, 5) is 5.33. The summed E-state index contributed by atoms with van der Waals surface area (Å²) < 4.78 is 6.13. The van der Waals surface area contributed by atoms with Gasteiger partial charge in [-0.25, -0.2) is 0 Å². The van der Waals surface area contributed by atoms with Gasteiger partial charge in [-0.1, -0.05) is 45.9 Å². The van der Waals surface area contributed by atoms with Crippen molar-refractivity contribution in [3.05, 3.63) is 52.6 Å². The lowest BCUT2D eigenvalue weighted by atomic mass is 10.2. The fourth-order valence-electron chi connectivity index (χ4n) is 1.23. The van der Waals surface area contributed by atoms with E-state index in [1.165, 1.54) is 0 Å². The lowest BCUT2D eigenvalue weighted by molar-refractivity contribution is 0.429. The van der Waals surface area contributed by atoms with Crippen LogP contribution in [0.25, 0.3) is 16.3 Å². The van der Waals surface area contributed by atoms with Crippen LogP contribution in [0.4, 0.5) is 0 Å². The van der Waals surface area contributed by atoms with E-state index in [0.29, 0.717) is 11.7 Å². The Morgan fingerprint density at radius 2 is 2.33 bits per heavy atom. The smallest absolute Gasteiger partial charge is 0.268 e. The molecule has 0 N–H and O–H groups in total. The first-order valence-electron chi connectivity index (χ1n) is 5.25. The van der Waals surface area contributed by atoms with Crippen LogP contribution in [0.3, 0.4) is 0 Å². The van der Waals surface area contributed by atoms with Gasteiger partial charge in [0.15, 0.2) is 5.82 Å². The molecule has 2 aromatic rings. The molecule has 92 valence electrons. The van der Waals surface area contributed by atoms with Gasteiger partial charge in [0.25, 0.3) is 5.89 Å². The second kappa shape index (κ2) is 5.93. The number of hydrogen-bond donors (Lipinski definition) is 0. The zero-order valence-electron chi connectivity index (χ0n) is 9.76. The summed E-state index contributed by atoms with van der Waals surface area (Å²) in [6.07, 6.45) is 5.52. The Balaban J connectivity index is 2.22. The summed E-state index contributed by atoms with van der Waals surface area (Å²) in [5.41, 5.74) is 0.931. The van der Waals surface area contributed by atoms with Crippen LogP contribution >= 0.6 is 27.3 Å². The number of allylic oxidation sites excluding steroid dienone is 5. The van der Waals surface area contributed by atoms with Gasteiger partial charge in [-0.2, -0.15) is 4.98 Å². The summed E-state index contributed by atoms with van der Waals surface area (Å²) >= 11 is 4.92. The Labute approximate surface area is 118 Å². The fraction of sp³-hybridized carbons (Fsp3) is 0.0769. The van der Waals surface area contributed by atoms with Crippen LogP contribution in [0.15, 0.2) is 51.3 Å². The monoisotopic (exact) mass is 322 g/mol. The van der Waals surface area contributed by atoms with Gasteiger partial charge in [-0.05, 0) is 30.0 Å². The van der Waals surface area contributed by atoms with Crippen molar-refractivity contribution in [2.24, 2.45) is 0 Å². The molecule has 0 aliphatic carbocycles. The third-order valence-corrected chi connectivity index (χ3v) is 3.64. The average molecular weight is 323 g/mol. The largest absolute Gasteiger partial charge is 0.333 e. The average Bonchev–Trinajstić information content (AvgIpc) is 3.04. The van der Waals surface area contributed by atoms with E-state index in [1.807, 2.05) is 36.6 Å². The minimum Gasteiger partial charge on any atom is -0.333 e. The summed E-state index contributed by atoms with van der Waals surface area (Å²) in [6, 6.07) is 3.91. The van der Waals surface area contributed by atoms with E-state index in [1.54, 1.807) is 17.4 Å². The predicted molar refractivity (Wildman–Crippen MR) is 78.5 cm³/mol. The molecule has 0 atom stereocenters. The Kier molecular flexibility index (Phi) is 4.28. The molecule has 0 saturated carbocycles. The summed E-state index contributed by atoms with van der Waals surface area (Å²) in [5.74, 6) is 1.15. The maximum absolute atomic E-state index is 5.22. The highest BCUT2D eigenvalue weighted by Crippen LogP contribution is 2.24. The quantitative estimate of drug-likeness (QED) is 0.768. The molecular weight excluding hydrogens is 312 g/mol. The van der Waals surface area contributed by atoms with Gasteiger partial charge in [0.1, 0.15) is 0 Å². The molecule has 5 heteroatoms. The zero-order valence-corrected chi connectivity index (χ0v) is 12.2. The van der Waals surface area contributed by atoms with Crippen molar-refractivity contribution in [1.29, 1.82) is 0 Å². The number of hydrogen-bond acceptors (Lipinski definition) is 4. The molecule has 2 rings (SSSR count). The standard InChI is InChI=1S/C13H11BrN2OS/c1-3-10(14)7-6-9(2)12-15-13(17-16-12)11-5-4-8-18-11/h3-8H,1H2,2H3/b9-6+,10-7+. The van der Waals surface area contributed by atoms with Crippen molar-refractivity contribution in [2.45, 2.75) is 6.92 Å². The topological polar surface area (TPSA) is 38.9 Å². The lowest BCUT2D eigenvalue weighted by Crippen LogP contribution is -1.82. The van der Waals surface area contributed by atoms with Gasteiger partial charge in [0.05, 0.1) is 4.88 Å². The maximum atomic E-state index is 5.22. The molecule has 0 spiro atoms. The molecule has 0 amide bonds. The predicted octanol–water partition coefficient (Wildman–Crippen LogP) is 4.67. The van der Waals surface area contributed by atoms with Crippen LogP contribution in [0, 0.1) is 0 Å². The Bertz CT molecular complexity index is 596. The van der Waals surface area contributed by atoms with Crippen molar-refractivity contribution in [1.82, 2.24) is 10.1 Å². The van der Waals surface area contributed by atoms with Crippen molar-refractivity contribution in [3.8, 4) is 10.8 Å².